The number of hydrogen-bond acceptors (Lipinski definition) is 4. The summed E-state index contributed by atoms with van der Waals surface area (Å²) in [6, 6.07) is 15.2. The lowest BCUT2D eigenvalue weighted by atomic mass is 10.1. The van der Waals surface area contributed by atoms with Crippen molar-refractivity contribution in [2.24, 2.45) is 0 Å². The van der Waals surface area contributed by atoms with Crippen molar-refractivity contribution in [1.29, 1.82) is 0 Å². The van der Waals surface area contributed by atoms with Crippen molar-refractivity contribution < 1.29 is 4.39 Å². The molecule has 0 radical (unpaired) electrons. The van der Waals surface area contributed by atoms with Gasteiger partial charge in [-0.3, -0.25) is 4.79 Å². The molecule has 0 aliphatic carbocycles. The Kier molecular flexibility index (Phi) is 4.33. The number of pyridine rings is 1. The minimum Gasteiger partial charge on any atom is -0.310 e. The molecule has 3 aromatic heterocycles. The minimum atomic E-state index is -0.345. The molecule has 3 heterocycles. The Morgan fingerprint density at radius 1 is 1.07 bits per heavy atom. The molecule has 0 unspecified atom stereocenters. The van der Waals surface area contributed by atoms with Gasteiger partial charge in [0.25, 0.3) is 11.3 Å². The average Bonchev–Trinajstić information content (AvgIpc) is 3.08. The molecule has 0 saturated heterocycles. The number of benzene rings is 2. The fourth-order valence-corrected chi connectivity index (χ4v) is 3.77. The van der Waals surface area contributed by atoms with E-state index in [9.17, 15) is 9.18 Å². The predicted octanol–water partition coefficient (Wildman–Crippen LogP) is 4.26. The second-order valence-electron chi connectivity index (χ2n) is 6.98. The summed E-state index contributed by atoms with van der Waals surface area (Å²) in [7, 11) is 0. The summed E-state index contributed by atoms with van der Waals surface area (Å²) in [5, 5.41) is 5.37. The highest BCUT2D eigenvalue weighted by Gasteiger charge is 2.18. The van der Waals surface area contributed by atoms with Crippen LogP contribution in [0.1, 0.15) is 11.4 Å². The Morgan fingerprint density at radius 2 is 1.90 bits per heavy atom. The second kappa shape index (κ2) is 7.03. The third-order valence-electron chi connectivity index (χ3n) is 4.85. The van der Waals surface area contributed by atoms with E-state index in [1.165, 1.54) is 16.7 Å². The fourth-order valence-electron chi connectivity index (χ4n) is 3.58. The summed E-state index contributed by atoms with van der Waals surface area (Å²) < 4.78 is 16.7. The number of halogens is 2. The maximum Gasteiger partial charge on any atom is 0.262 e. The molecular formula is C22H15ClFN5O. The Bertz CT molecular complexity index is 1490. The van der Waals surface area contributed by atoms with E-state index >= 15 is 0 Å². The van der Waals surface area contributed by atoms with Gasteiger partial charge in [-0.05, 0) is 42.8 Å². The van der Waals surface area contributed by atoms with Gasteiger partial charge in [0.05, 0.1) is 23.1 Å². The normalized spacial score (nSPS) is 11.4. The highest BCUT2D eigenvalue weighted by Crippen LogP contribution is 2.28. The smallest absolute Gasteiger partial charge is 0.262 e. The van der Waals surface area contributed by atoms with Gasteiger partial charge in [-0.1, -0.05) is 35.9 Å². The van der Waals surface area contributed by atoms with Crippen LogP contribution in [0, 0.1) is 12.7 Å². The highest BCUT2D eigenvalue weighted by atomic mass is 35.5. The quantitative estimate of drug-likeness (QED) is 0.438. The van der Waals surface area contributed by atoms with Crippen molar-refractivity contribution in [2.45, 2.75) is 13.5 Å². The van der Waals surface area contributed by atoms with Gasteiger partial charge >= 0.3 is 0 Å². The Hall–Kier alpha value is -3.58. The molecule has 8 heteroatoms. The standard InChI is InChI=1S/C22H15ClFN5O/c1-13-25-22-26-18-8-9-28(12-14-4-2-7-17(24)10-14)21(30)19(18)20(29(22)27-13)15-5-3-6-16(23)11-15/h2-11H,12H2,1H3. The zero-order valence-electron chi connectivity index (χ0n) is 15.9. The average molecular weight is 420 g/mol. The Labute approximate surface area is 175 Å². The molecule has 2 aromatic carbocycles. The van der Waals surface area contributed by atoms with E-state index in [1.807, 2.05) is 12.1 Å². The highest BCUT2D eigenvalue weighted by molar-refractivity contribution is 6.30. The molecule has 0 aliphatic heterocycles. The van der Waals surface area contributed by atoms with Gasteiger partial charge in [-0.2, -0.15) is 9.50 Å². The zero-order valence-corrected chi connectivity index (χ0v) is 16.6. The van der Waals surface area contributed by atoms with Gasteiger partial charge in [0.2, 0.25) is 0 Å². The summed E-state index contributed by atoms with van der Waals surface area (Å²) in [5.41, 5.74) is 2.23. The first kappa shape index (κ1) is 18.4. The van der Waals surface area contributed by atoms with E-state index in [1.54, 1.807) is 48.0 Å². The number of rotatable bonds is 3. The number of nitrogens with zero attached hydrogens (tertiary/aromatic N) is 5. The van der Waals surface area contributed by atoms with Crippen LogP contribution in [-0.4, -0.2) is 24.1 Å². The molecule has 148 valence electrons. The summed E-state index contributed by atoms with van der Waals surface area (Å²) in [6.45, 7) is 2.00. The topological polar surface area (TPSA) is 65.1 Å². The van der Waals surface area contributed by atoms with Crippen molar-refractivity contribution in [2.75, 3.05) is 0 Å². The van der Waals surface area contributed by atoms with Crippen molar-refractivity contribution >= 4 is 28.3 Å². The van der Waals surface area contributed by atoms with Gasteiger partial charge in [-0.15, -0.1) is 5.10 Å². The molecule has 0 N–H and O–H groups in total. The van der Waals surface area contributed by atoms with E-state index in [0.29, 0.717) is 38.8 Å². The molecule has 0 amide bonds. The molecule has 0 aliphatic rings. The van der Waals surface area contributed by atoms with Crippen molar-refractivity contribution in [3.05, 3.63) is 93.4 Å². The summed E-state index contributed by atoms with van der Waals surface area (Å²) in [4.78, 5) is 22.4. The molecule has 0 atom stereocenters. The van der Waals surface area contributed by atoms with Gasteiger partial charge in [0, 0.05) is 16.8 Å². The fraction of sp³-hybridized carbons (Fsp3) is 0.0909. The monoisotopic (exact) mass is 419 g/mol. The molecular weight excluding hydrogens is 405 g/mol. The van der Waals surface area contributed by atoms with E-state index in [-0.39, 0.29) is 17.9 Å². The van der Waals surface area contributed by atoms with E-state index < -0.39 is 0 Å². The molecule has 6 nitrogen and oxygen atoms in total. The SMILES string of the molecule is Cc1nc2nc3ccn(Cc4cccc(F)c4)c(=O)c3c(-c3cccc(Cl)c3)n2n1. The van der Waals surface area contributed by atoms with Gasteiger partial charge in [-0.25, -0.2) is 9.37 Å². The van der Waals surface area contributed by atoms with Crippen LogP contribution >= 0.6 is 11.6 Å². The van der Waals surface area contributed by atoms with E-state index in [2.05, 4.69) is 15.1 Å². The summed E-state index contributed by atoms with van der Waals surface area (Å²) in [5.74, 6) is 0.598. The molecule has 5 rings (SSSR count). The lowest BCUT2D eigenvalue weighted by Gasteiger charge is -2.12. The first-order chi connectivity index (χ1) is 14.5. The van der Waals surface area contributed by atoms with Crippen LogP contribution in [0.2, 0.25) is 5.02 Å². The van der Waals surface area contributed by atoms with Crippen LogP contribution in [0.15, 0.2) is 65.6 Å². The van der Waals surface area contributed by atoms with E-state index in [0.717, 1.165) is 5.56 Å². The number of aromatic nitrogens is 5. The predicted molar refractivity (Wildman–Crippen MR) is 113 cm³/mol. The zero-order chi connectivity index (χ0) is 20.8. The molecule has 0 saturated carbocycles. The Balaban J connectivity index is 1.82. The van der Waals surface area contributed by atoms with Crippen LogP contribution < -0.4 is 5.56 Å². The first-order valence-corrected chi connectivity index (χ1v) is 9.64. The third-order valence-corrected chi connectivity index (χ3v) is 5.08. The molecule has 30 heavy (non-hydrogen) atoms. The molecule has 0 bridgehead atoms. The number of hydrogen-bond donors (Lipinski definition) is 0. The Morgan fingerprint density at radius 3 is 2.70 bits per heavy atom. The van der Waals surface area contributed by atoms with Crippen LogP contribution in [0.4, 0.5) is 4.39 Å². The van der Waals surface area contributed by atoms with Crippen molar-refractivity contribution in [1.82, 2.24) is 24.1 Å². The van der Waals surface area contributed by atoms with Crippen molar-refractivity contribution in [3.63, 3.8) is 0 Å². The number of aryl methyl sites for hydroxylation is 1. The summed E-state index contributed by atoms with van der Waals surface area (Å²) >= 11 is 6.22. The molecule has 0 fully saturated rings. The third kappa shape index (κ3) is 3.13. The first-order valence-electron chi connectivity index (χ1n) is 9.26. The molecule has 5 aromatic rings. The van der Waals surface area contributed by atoms with Crippen LogP contribution in [-0.2, 0) is 6.54 Å². The number of fused-ring (bicyclic) bond motifs is 2. The van der Waals surface area contributed by atoms with Gasteiger partial charge in [0.1, 0.15) is 11.6 Å². The van der Waals surface area contributed by atoms with Gasteiger partial charge < -0.3 is 4.57 Å². The minimum absolute atomic E-state index is 0.232. The maximum absolute atomic E-state index is 13.6. The van der Waals surface area contributed by atoms with Crippen LogP contribution in [0.5, 0.6) is 0 Å². The summed E-state index contributed by atoms with van der Waals surface area (Å²) in [6.07, 6.45) is 1.66. The van der Waals surface area contributed by atoms with Crippen LogP contribution in [0.25, 0.3) is 27.9 Å². The second-order valence-corrected chi connectivity index (χ2v) is 7.42. The maximum atomic E-state index is 13.6. The largest absolute Gasteiger partial charge is 0.310 e. The van der Waals surface area contributed by atoms with E-state index in [4.69, 9.17) is 11.6 Å². The van der Waals surface area contributed by atoms with Crippen LogP contribution in [0.3, 0.4) is 0 Å². The van der Waals surface area contributed by atoms with Gasteiger partial charge in [0.15, 0.2) is 0 Å². The molecule has 0 spiro atoms. The van der Waals surface area contributed by atoms with Crippen molar-refractivity contribution in [3.8, 4) is 11.3 Å². The lowest BCUT2D eigenvalue weighted by Crippen LogP contribution is -2.22. The lowest BCUT2D eigenvalue weighted by molar-refractivity contribution is 0.623.